The van der Waals surface area contributed by atoms with E-state index in [1.807, 2.05) is 0 Å². The van der Waals surface area contributed by atoms with Gasteiger partial charge in [0.1, 0.15) is 0 Å². The van der Waals surface area contributed by atoms with Crippen molar-refractivity contribution in [1.29, 1.82) is 0 Å². The third kappa shape index (κ3) is 4.68. The van der Waals surface area contributed by atoms with E-state index in [0.717, 1.165) is 28.8 Å². The van der Waals surface area contributed by atoms with Gasteiger partial charge in [0.25, 0.3) is 0 Å². The molecular formula is C53H35N3O. The molecule has 2 heterocycles. The number of fused-ring (bicyclic) bond motifs is 6. The molecule has 0 aliphatic heterocycles. The van der Waals surface area contributed by atoms with E-state index in [9.17, 15) is 0 Å². The highest BCUT2D eigenvalue weighted by molar-refractivity contribution is 6.09. The molecule has 1 atom stereocenters. The summed E-state index contributed by atoms with van der Waals surface area (Å²) in [4.78, 5) is 0. The average Bonchev–Trinajstić information content (AvgIpc) is 3.95. The van der Waals surface area contributed by atoms with Gasteiger partial charge in [0.2, 0.25) is 11.8 Å². The van der Waals surface area contributed by atoms with Gasteiger partial charge in [-0.05, 0) is 110 Å². The zero-order valence-corrected chi connectivity index (χ0v) is 31.3. The Morgan fingerprint density at radius 2 is 0.930 bits per heavy atom. The molecule has 2 aliphatic carbocycles. The topological polar surface area (TPSA) is 43.9 Å². The number of aromatic nitrogens is 3. The Labute approximate surface area is 330 Å². The third-order valence-corrected chi connectivity index (χ3v) is 12.5. The predicted molar refractivity (Wildman–Crippen MR) is 231 cm³/mol. The Bertz CT molecular complexity index is 3170. The molecule has 268 valence electrons. The van der Waals surface area contributed by atoms with E-state index < -0.39 is 0 Å². The van der Waals surface area contributed by atoms with Crippen molar-refractivity contribution >= 4 is 21.8 Å². The van der Waals surface area contributed by atoms with E-state index >= 15 is 0 Å². The van der Waals surface area contributed by atoms with Crippen molar-refractivity contribution in [2.24, 2.45) is 0 Å². The second-order valence-corrected chi connectivity index (χ2v) is 15.6. The molecule has 8 aromatic carbocycles. The largest absolute Gasteiger partial charge is 0.416 e. The molecule has 0 fully saturated rings. The number of rotatable bonds is 6. The number of para-hydroxylation sites is 2. The minimum Gasteiger partial charge on any atom is -0.416 e. The Kier molecular flexibility index (Phi) is 6.79. The molecule has 2 aromatic heterocycles. The smallest absolute Gasteiger partial charge is 0.248 e. The summed E-state index contributed by atoms with van der Waals surface area (Å²) >= 11 is 0. The lowest BCUT2D eigenvalue weighted by Crippen LogP contribution is -2.35. The Hall–Kier alpha value is -7.30. The van der Waals surface area contributed by atoms with Gasteiger partial charge in [-0.15, -0.1) is 10.2 Å². The molecule has 0 spiro atoms. The maximum atomic E-state index is 6.38. The summed E-state index contributed by atoms with van der Waals surface area (Å²) < 4.78 is 8.75. The number of nitrogens with zero attached hydrogens (tertiary/aromatic N) is 3. The third-order valence-electron chi connectivity index (χ3n) is 12.5. The molecule has 0 radical (unpaired) electrons. The van der Waals surface area contributed by atoms with Crippen LogP contribution in [0.5, 0.6) is 0 Å². The van der Waals surface area contributed by atoms with Crippen LogP contribution in [0.15, 0.2) is 186 Å². The van der Waals surface area contributed by atoms with E-state index in [1.54, 1.807) is 0 Å². The van der Waals surface area contributed by atoms with Crippen molar-refractivity contribution in [3.05, 3.63) is 199 Å². The molecule has 0 amide bonds. The maximum Gasteiger partial charge on any atom is 0.248 e. The van der Waals surface area contributed by atoms with Gasteiger partial charge in [0.15, 0.2) is 0 Å². The molecule has 1 unspecified atom stereocenters. The van der Waals surface area contributed by atoms with Crippen LogP contribution in [-0.2, 0) is 11.8 Å². The van der Waals surface area contributed by atoms with E-state index in [1.165, 1.54) is 77.4 Å². The number of benzene rings is 8. The van der Waals surface area contributed by atoms with Crippen LogP contribution in [0, 0.1) is 0 Å². The van der Waals surface area contributed by atoms with Gasteiger partial charge >= 0.3 is 0 Å². The highest BCUT2D eigenvalue weighted by Crippen LogP contribution is 2.60. The molecule has 0 N–H and O–H groups in total. The van der Waals surface area contributed by atoms with Gasteiger partial charge in [0, 0.05) is 33.0 Å². The van der Waals surface area contributed by atoms with Crippen LogP contribution in [0.25, 0.3) is 94.9 Å². The zero-order valence-electron chi connectivity index (χ0n) is 31.3. The van der Waals surface area contributed by atoms with E-state index in [0.29, 0.717) is 11.8 Å². The number of hydrogen-bond acceptors (Lipinski definition) is 3. The minimum atomic E-state index is 0.0613. The Balaban J connectivity index is 0.854. The lowest BCUT2D eigenvalue weighted by atomic mass is 9.63. The minimum absolute atomic E-state index is 0.0613. The first kappa shape index (κ1) is 32.0. The standard InChI is InChI=1S/C53H35N3O/c1-53-32-46-45(31-30-44(50(46)53)41-16-6-9-19-47(41)53)52-55-54-51(57-52)35-24-22-33(23-25-35)37-12-2-4-14-39(37)40-15-5-3-13-38(40)34-26-28-36(29-27-34)56-48-20-10-7-17-42(48)43-18-8-11-21-49(43)56/h2-31H,32H2,1H3. The summed E-state index contributed by atoms with van der Waals surface area (Å²) in [6, 6.07) is 65.3. The van der Waals surface area contributed by atoms with Crippen LogP contribution in [0.4, 0.5) is 0 Å². The molecule has 10 aromatic rings. The summed E-state index contributed by atoms with van der Waals surface area (Å²) in [6.45, 7) is 2.36. The van der Waals surface area contributed by atoms with Gasteiger partial charge < -0.3 is 8.98 Å². The van der Waals surface area contributed by atoms with E-state index in [4.69, 9.17) is 4.42 Å². The summed E-state index contributed by atoms with van der Waals surface area (Å²) in [6.07, 6.45) is 0.978. The molecule has 0 bridgehead atoms. The lowest BCUT2D eigenvalue weighted by Gasteiger charge is -2.39. The van der Waals surface area contributed by atoms with Gasteiger partial charge in [-0.3, -0.25) is 0 Å². The van der Waals surface area contributed by atoms with Crippen LogP contribution < -0.4 is 0 Å². The number of hydrogen-bond donors (Lipinski definition) is 0. The highest BCUT2D eigenvalue weighted by Gasteiger charge is 2.49. The van der Waals surface area contributed by atoms with Crippen molar-refractivity contribution in [2.45, 2.75) is 18.8 Å². The van der Waals surface area contributed by atoms with Gasteiger partial charge in [-0.2, -0.15) is 0 Å². The zero-order chi connectivity index (χ0) is 37.7. The van der Waals surface area contributed by atoms with Crippen molar-refractivity contribution in [3.63, 3.8) is 0 Å². The van der Waals surface area contributed by atoms with Crippen LogP contribution in [-0.4, -0.2) is 14.8 Å². The normalized spacial score (nSPS) is 15.1. The Morgan fingerprint density at radius 3 is 1.58 bits per heavy atom. The van der Waals surface area contributed by atoms with Crippen LogP contribution in [0.3, 0.4) is 0 Å². The predicted octanol–water partition coefficient (Wildman–Crippen LogP) is 13.3. The molecule has 12 rings (SSSR count). The van der Waals surface area contributed by atoms with Crippen molar-refractivity contribution in [3.8, 4) is 73.1 Å². The summed E-state index contributed by atoms with van der Waals surface area (Å²) in [5.41, 5.74) is 19.5. The average molecular weight is 730 g/mol. The fraction of sp³-hybridized carbons (Fsp3) is 0.0566. The first-order chi connectivity index (χ1) is 28.1. The fourth-order valence-corrected chi connectivity index (χ4v) is 9.82. The molecule has 4 heteroatoms. The van der Waals surface area contributed by atoms with Crippen molar-refractivity contribution in [1.82, 2.24) is 14.8 Å². The van der Waals surface area contributed by atoms with E-state index in [-0.39, 0.29) is 5.41 Å². The quantitative estimate of drug-likeness (QED) is 0.171. The summed E-state index contributed by atoms with van der Waals surface area (Å²) in [5, 5.41) is 11.6. The van der Waals surface area contributed by atoms with Gasteiger partial charge in [-0.25, -0.2) is 0 Å². The first-order valence-electron chi connectivity index (χ1n) is 19.6. The highest BCUT2D eigenvalue weighted by atomic mass is 16.4. The second-order valence-electron chi connectivity index (χ2n) is 15.6. The molecule has 0 saturated heterocycles. The summed E-state index contributed by atoms with van der Waals surface area (Å²) in [7, 11) is 0. The van der Waals surface area contributed by atoms with Crippen molar-refractivity contribution in [2.75, 3.05) is 0 Å². The van der Waals surface area contributed by atoms with Crippen molar-refractivity contribution < 1.29 is 4.42 Å². The second kappa shape index (κ2) is 12.1. The first-order valence-corrected chi connectivity index (χ1v) is 19.6. The van der Waals surface area contributed by atoms with Gasteiger partial charge in [-0.1, -0.05) is 146 Å². The Morgan fingerprint density at radius 1 is 0.439 bits per heavy atom. The molecule has 0 saturated carbocycles. The molecule has 57 heavy (non-hydrogen) atoms. The molecular weight excluding hydrogens is 695 g/mol. The van der Waals surface area contributed by atoms with Crippen LogP contribution in [0.1, 0.15) is 23.6 Å². The molecule has 4 nitrogen and oxygen atoms in total. The monoisotopic (exact) mass is 729 g/mol. The summed E-state index contributed by atoms with van der Waals surface area (Å²) in [5.74, 6) is 1.10. The van der Waals surface area contributed by atoms with Crippen LogP contribution in [0.2, 0.25) is 0 Å². The van der Waals surface area contributed by atoms with E-state index in [2.05, 4.69) is 204 Å². The SMILES string of the molecule is CC12Cc3c(-c4nnc(-c5ccc(-c6ccccc6-c6ccccc6-c6ccc(-n7c8ccccc8c8ccccc87)cc6)cc5)o4)ccc(c31)-c1ccccc12. The lowest BCUT2D eigenvalue weighted by molar-refractivity contribution is 0.509. The molecule has 2 aliphatic rings. The fourth-order valence-electron chi connectivity index (χ4n) is 9.82. The van der Waals surface area contributed by atoms with Gasteiger partial charge in [0.05, 0.1) is 11.0 Å². The maximum absolute atomic E-state index is 6.38. The van der Waals surface area contributed by atoms with Crippen LogP contribution >= 0.6 is 0 Å².